The highest BCUT2D eigenvalue weighted by atomic mass is 16.5. The van der Waals surface area contributed by atoms with Crippen molar-refractivity contribution in [2.75, 3.05) is 26.8 Å². The van der Waals surface area contributed by atoms with Gasteiger partial charge in [-0.1, -0.05) is 19.0 Å². The van der Waals surface area contributed by atoms with Crippen molar-refractivity contribution in [3.8, 4) is 0 Å². The van der Waals surface area contributed by atoms with Crippen LogP contribution >= 0.6 is 0 Å². The molecule has 7 nitrogen and oxygen atoms in total. The van der Waals surface area contributed by atoms with E-state index in [1.807, 2.05) is 19.9 Å². The number of carbonyl (C=O) groups is 2. The van der Waals surface area contributed by atoms with E-state index >= 15 is 0 Å². The molecule has 1 aliphatic rings. The molecule has 0 saturated carbocycles. The molecule has 0 unspecified atom stereocenters. The molecule has 7 heteroatoms. The van der Waals surface area contributed by atoms with Crippen LogP contribution in [0.25, 0.3) is 0 Å². The van der Waals surface area contributed by atoms with Crippen LogP contribution in [0.3, 0.4) is 0 Å². The number of piperazine rings is 1. The van der Waals surface area contributed by atoms with Crippen LogP contribution in [0.5, 0.6) is 0 Å². The van der Waals surface area contributed by atoms with Gasteiger partial charge in [0, 0.05) is 19.7 Å². The normalized spacial score (nSPS) is 19.4. The molecule has 2 rings (SSSR count). The Balaban J connectivity index is 2.05. The van der Waals surface area contributed by atoms with Gasteiger partial charge >= 0.3 is 0 Å². The first kappa shape index (κ1) is 16.5. The van der Waals surface area contributed by atoms with Gasteiger partial charge < -0.3 is 19.1 Å². The summed E-state index contributed by atoms with van der Waals surface area (Å²) in [5.41, 5.74) is 0.847. The highest BCUT2D eigenvalue weighted by Crippen LogP contribution is 2.19. The van der Waals surface area contributed by atoms with Crippen molar-refractivity contribution >= 4 is 11.8 Å². The lowest BCUT2D eigenvalue weighted by Gasteiger charge is -2.38. The zero-order valence-electron chi connectivity index (χ0n) is 13.5. The Morgan fingerprint density at radius 1 is 1.45 bits per heavy atom. The number of hydrogen-bond donors (Lipinski definition) is 0. The van der Waals surface area contributed by atoms with E-state index in [1.54, 1.807) is 14.0 Å². The minimum atomic E-state index is -0.509. The molecule has 2 amide bonds. The molecule has 0 radical (unpaired) electrons. The fraction of sp³-hybridized carbons (Fsp3) is 0.667. The number of amides is 2. The zero-order chi connectivity index (χ0) is 16.3. The Morgan fingerprint density at radius 3 is 2.77 bits per heavy atom. The lowest BCUT2D eigenvalue weighted by atomic mass is 10.1. The van der Waals surface area contributed by atoms with Crippen molar-refractivity contribution in [2.24, 2.45) is 0 Å². The van der Waals surface area contributed by atoms with Crippen molar-refractivity contribution in [3.05, 3.63) is 17.5 Å². The van der Waals surface area contributed by atoms with Crippen molar-refractivity contribution in [1.29, 1.82) is 0 Å². The summed E-state index contributed by atoms with van der Waals surface area (Å²) in [7, 11) is 1.57. The summed E-state index contributed by atoms with van der Waals surface area (Å²) in [5.74, 6) is 0.700. The van der Waals surface area contributed by atoms with Crippen LogP contribution in [-0.4, -0.2) is 59.6 Å². The van der Waals surface area contributed by atoms with E-state index in [9.17, 15) is 9.59 Å². The van der Waals surface area contributed by atoms with Gasteiger partial charge in [0.15, 0.2) is 5.76 Å². The van der Waals surface area contributed by atoms with Gasteiger partial charge in [0.1, 0.15) is 6.04 Å². The molecule has 2 heterocycles. The molecule has 1 fully saturated rings. The molecular weight excluding hydrogens is 286 g/mol. The third-order valence-electron chi connectivity index (χ3n) is 3.84. The van der Waals surface area contributed by atoms with E-state index in [4.69, 9.17) is 9.26 Å². The van der Waals surface area contributed by atoms with Gasteiger partial charge in [0.2, 0.25) is 11.8 Å². The monoisotopic (exact) mass is 309 g/mol. The average molecular weight is 309 g/mol. The van der Waals surface area contributed by atoms with Crippen molar-refractivity contribution in [2.45, 2.75) is 39.3 Å². The second kappa shape index (κ2) is 6.91. The van der Waals surface area contributed by atoms with E-state index in [-0.39, 0.29) is 30.8 Å². The molecule has 0 bridgehead atoms. The first-order valence-corrected chi connectivity index (χ1v) is 7.46. The fourth-order valence-electron chi connectivity index (χ4n) is 2.40. The third-order valence-corrected chi connectivity index (χ3v) is 3.84. The van der Waals surface area contributed by atoms with Crippen LogP contribution in [0.1, 0.15) is 38.1 Å². The Kier molecular flexibility index (Phi) is 5.18. The lowest BCUT2D eigenvalue weighted by Crippen LogP contribution is -2.58. The molecule has 0 spiro atoms. The quantitative estimate of drug-likeness (QED) is 0.783. The van der Waals surface area contributed by atoms with Crippen molar-refractivity contribution < 1.29 is 18.8 Å². The summed E-state index contributed by atoms with van der Waals surface area (Å²) in [5, 5.41) is 3.98. The maximum Gasteiger partial charge on any atom is 0.245 e. The van der Waals surface area contributed by atoms with Gasteiger partial charge in [-0.2, -0.15) is 0 Å². The number of methoxy groups -OCH3 is 1. The summed E-state index contributed by atoms with van der Waals surface area (Å²) < 4.78 is 10.2. The molecular formula is C15H23N3O4. The molecule has 1 atom stereocenters. The van der Waals surface area contributed by atoms with Gasteiger partial charge in [-0.15, -0.1) is 0 Å². The maximum atomic E-state index is 12.3. The standard InChI is InChI=1S/C15H23N3O4/c1-10(2)13-7-12(22-16-13)8-18-11(3)15(20)17(5-6-21-4)9-14(18)19/h7,10-11H,5-6,8-9H2,1-4H3/t11-/m0/s1. The van der Waals surface area contributed by atoms with Crippen molar-refractivity contribution in [1.82, 2.24) is 15.0 Å². The minimum absolute atomic E-state index is 0.0692. The van der Waals surface area contributed by atoms with E-state index in [2.05, 4.69) is 5.16 Å². The maximum absolute atomic E-state index is 12.3. The molecule has 22 heavy (non-hydrogen) atoms. The van der Waals surface area contributed by atoms with Gasteiger partial charge in [-0.05, 0) is 12.8 Å². The summed E-state index contributed by atoms with van der Waals surface area (Å²) in [4.78, 5) is 27.7. The van der Waals surface area contributed by atoms with Gasteiger partial charge in [-0.3, -0.25) is 9.59 Å². The first-order valence-electron chi connectivity index (χ1n) is 7.46. The van der Waals surface area contributed by atoms with Crippen LogP contribution in [0.4, 0.5) is 0 Å². The molecule has 1 saturated heterocycles. The molecule has 0 aliphatic carbocycles. The highest BCUT2D eigenvalue weighted by molar-refractivity contribution is 5.94. The van der Waals surface area contributed by atoms with E-state index in [0.717, 1.165) is 5.69 Å². The Bertz CT molecular complexity index is 541. The number of rotatable bonds is 6. The molecule has 1 aromatic rings. The predicted octanol–water partition coefficient (Wildman–Crippen LogP) is 1.00. The van der Waals surface area contributed by atoms with Crippen LogP contribution in [0.15, 0.2) is 10.6 Å². The Hall–Kier alpha value is -1.89. The van der Waals surface area contributed by atoms with Gasteiger partial charge in [0.25, 0.3) is 0 Å². The highest BCUT2D eigenvalue weighted by Gasteiger charge is 2.36. The number of nitrogens with zero attached hydrogens (tertiary/aromatic N) is 3. The number of carbonyl (C=O) groups excluding carboxylic acids is 2. The molecule has 0 N–H and O–H groups in total. The van der Waals surface area contributed by atoms with E-state index in [0.29, 0.717) is 18.9 Å². The second-order valence-corrected chi connectivity index (χ2v) is 5.82. The summed E-state index contributed by atoms with van der Waals surface area (Å²) in [6, 6.07) is 1.33. The first-order chi connectivity index (χ1) is 10.4. The second-order valence-electron chi connectivity index (χ2n) is 5.82. The number of aromatic nitrogens is 1. The number of ether oxygens (including phenoxy) is 1. The lowest BCUT2D eigenvalue weighted by molar-refractivity contribution is -0.156. The molecule has 0 aromatic carbocycles. The Labute approximate surface area is 130 Å². The van der Waals surface area contributed by atoms with Crippen LogP contribution < -0.4 is 0 Å². The average Bonchev–Trinajstić information content (AvgIpc) is 2.95. The topological polar surface area (TPSA) is 75.9 Å². The van der Waals surface area contributed by atoms with Crippen LogP contribution in [0, 0.1) is 0 Å². The van der Waals surface area contributed by atoms with E-state index in [1.165, 1.54) is 9.80 Å². The van der Waals surface area contributed by atoms with Gasteiger partial charge in [0.05, 0.1) is 25.4 Å². The molecule has 1 aliphatic heterocycles. The predicted molar refractivity (Wildman–Crippen MR) is 79.1 cm³/mol. The van der Waals surface area contributed by atoms with Crippen LogP contribution in [0.2, 0.25) is 0 Å². The fourth-order valence-corrected chi connectivity index (χ4v) is 2.40. The van der Waals surface area contributed by atoms with Crippen LogP contribution in [-0.2, 0) is 20.9 Å². The minimum Gasteiger partial charge on any atom is -0.383 e. The molecule has 122 valence electrons. The summed E-state index contributed by atoms with van der Waals surface area (Å²) in [6.45, 7) is 6.98. The van der Waals surface area contributed by atoms with E-state index < -0.39 is 6.04 Å². The Morgan fingerprint density at radius 2 is 2.18 bits per heavy atom. The zero-order valence-corrected chi connectivity index (χ0v) is 13.5. The third kappa shape index (κ3) is 3.47. The summed E-state index contributed by atoms with van der Waals surface area (Å²) in [6.07, 6.45) is 0. The molecule has 1 aromatic heterocycles. The summed E-state index contributed by atoms with van der Waals surface area (Å²) >= 11 is 0. The number of hydrogen-bond acceptors (Lipinski definition) is 5. The van der Waals surface area contributed by atoms with Crippen molar-refractivity contribution in [3.63, 3.8) is 0 Å². The SMILES string of the molecule is COCCN1CC(=O)N(Cc2cc(C(C)C)no2)[C@@H](C)C1=O. The largest absolute Gasteiger partial charge is 0.383 e. The van der Waals surface area contributed by atoms with Gasteiger partial charge in [-0.25, -0.2) is 0 Å². The smallest absolute Gasteiger partial charge is 0.245 e.